The van der Waals surface area contributed by atoms with Gasteiger partial charge in [-0.15, -0.1) is 0 Å². The second-order valence-electron chi connectivity index (χ2n) is 4.26. The van der Waals surface area contributed by atoms with Crippen LogP contribution in [0.1, 0.15) is 21.6 Å². The number of halogens is 2. The summed E-state index contributed by atoms with van der Waals surface area (Å²) in [5, 5.41) is 0.284. The summed E-state index contributed by atoms with van der Waals surface area (Å²) in [6, 6.07) is 8.04. The normalized spacial score (nSPS) is 10.3. The van der Waals surface area contributed by atoms with Crippen molar-refractivity contribution in [2.75, 3.05) is 5.33 Å². The summed E-state index contributed by atoms with van der Waals surface area (Å²) < 4.78 is 19.0. The lowest BCUT2D eigenvalue weighted by molar-refractivity contribution is 0.102. The van der Waals surface area contributed by atoms with Gasteiger partial charge in [-0.25, -0.2) is 4.39 Å². The average Bonchev–Trinajstić information content (AvgIpc) is 2.46. The molecule has 0 saturated heterocycles. The number of aromatic nitrogens is 1. The summed E-state index contributed by atoms with van der Waals surface area (Å²) in [5.41, 5.74) is 1.70. The third-order valence-electron chi connectivity index (χ3n) is 2.82. The van der Waals surface area contributed by atoms with Crippen LogP contribution in [0.4, 0.5) is 4.39 Å². The molecule has 0 fully saturated rings. The molecule has 0 aliphatic carbocycles. The van der Waals surface area contributed by atoms with Gasteiger partial charge in [-0.2, -0.15) is 0 Å². The van der Waals surface area contributed by atoms with Gasteiger partial charge in [-0.05, 0) is 42.8 Å². The van der Waals surface area contributed by atoms with E-state index in [0.717, 1.165) is 5.56 Å². The van der Waals surface area contributed by atoms with Crippen LogP contribution in [-0.2, 0) is 6.61 Å². The molecule has 5 heteroatoms. The number of ether oxygens (including phenoxy) is 1. The molecule has 1 aromatic heterocycles. The van der Waals surface area contributed by atoms with Gasteiger partial charge in [0, 0.05) is 11.8 Å². The Balaban J connectivity index is 2.11. The first-order chi connectivity index (χ1) is 9.61. The number of benzene rings is 1. The van der Waals surface area contributed by atoms with E-state index in [2.05, 4.69) is 20.9 Å². The van der Waals surface area contributed by atoms with E-state index in [1.807, 2.05) is 6.92 Å². The number of nitrogens with zero attached hydrogens (tertiary/aromatic N) is 1. The number of rotatable bonds is 5. The number of hydrogen-bond acceptors (Lipinski definition) is 3. The van der Waals surface area contributed by atoms with Crippen molar-refractivity contribution in [3.63, 3.8) is 0 Å². The maximum Gasteiger partial charge on any atom is 0.173 e. The van der Waals surface area contributed by atoms with Crippen LogP contribution in [0.15, 0.2) is 36.5 Å². The molecule has 104 valence electrons. The lowest BCUT2D eigenvalue weighted by Gasteiger charge is -2.10. The van der Waals surface area contributed by atoms with Crippen molar-refractivity contribution >= 4 is 21.7 Å². The maximum atomic E-state index is 13.4. The lowest BCUT2D eigenvalue weighted by atomic mass is 10.1. The molecule has 1 heterocycles. The highest BCUT2D eigenvalue weighted by atomic mass is 79.9. The van der Waals surface area contributed by atoms with Gasteiger partial charge in [0.15, 0.2) is 5.78 Å². The molecule has 0 N–H and O–H groups in total. The van der Waals surface area contributed by atoms with Gasteiger partial charge in [0.2, 0.25) is 0 Å². The van der Waals surface area contributed by atoms with Gasteiger partial charge in [-0.3, -0.25) is 9.78 Å². The molecule has 0 radical (unpaired) electrons. The fraction of sp³-hybridized carbons (Fsp3) is 0.200. The van der Waals surface area contributed by atoms with Crippen LogP contribution in [0.5, 0.6) is 5.75 Å². The maximum absolute atomic E-state index is 13.4. The van der Waals surface area contributed by atoms with E-state index >= 15 is 0 Å². The number of carbonyl (C=O) groups excluding carboxylic acids is 1. The molecule has 0 aliphatic heterocycles. The molecule has 2 aromatic rings. The zero-order chi connectivity index (χ0) is 14.5. The van der Waals surface area contributed by atoms with Crippen molar-refractivity contribution in [2.24, 2.45) is 0 Å². The molecular weight excluding hydrogens is 325 g/mol. The molecule has 0 spiro atoms. The molecule has 0 bridgehead atoms. The van der Waals surface area contributed by atoms with Crippen LogP contribution in [0.3, 0.4) is 0 Å². The SMILES string of the molecule is Cc1cc(C(=O)CBr)ccc1OCc1ncccc1F. The van der Waals surface area contributed by atoms with Crippen molar-refractivity contribution in [3.8, 4) is 5.75 Å². The van der Waals surface area contributed by atoms with E-state index in [1.165, 1.54) is 18.3 Å². The van der Waals surface area contributed by atoms with E-state index in [-0.39, 0.29) is 23.4 Å². The zero-order valence-electron chi connectivity index (χ0n) is 10.9. The molecule has 1 aromatic carbocycles. The minimum Gasteiger partial charge on any atom is -0.487 e. The van der Waals surface area contributed by atoms with Gasteiger partial charge in [0.25, 0.3) is 0 Å². The van der Waals surface area contributed by atoms with E-state index in [4.69, 9.17) is 4.74 Å². The third kappa shape index (κ3) is 3.42. The summed E-state index contributed by atoms with van der Waals surface area (Å²) in [7, 11) is 0. The van der Waals surface area contributed by atoms with Crippen molar-refractivity contribution in [1.82, 2.24) is 4.98 Å². The van der Waals surface area contributed by atoms with E-state index in [9.17, 15) is 9.18 Å². The Bertz CT molecular complexity index is 631. The van der Waals surface area contributed by atoms with E-state index < -0.39 is 5.82 Å². The molecule has 0 aliphatic rings. The standard InChI is InChI=1S/C15H13BrFNO2/c1-10-7-11(14(19)8-16)4-5-15(10)20-9-13-12(17)3-2-6-18-13/h2-7H,8-9H2,1H3. The highest BCUT2D eigenvalue weighted by Gasteiger charge is 2.08. The Hall–Kier alpha value is -1.75. The molecule has 3 nitrogen and oxygen atoms in total. The number of pyridine rings is 1. The number of Topliss-reactive ketones (excluding diaryl/α,β-unsaturated/α-hetero) is 1. The van der Waals surface area contributed by atoms with E-state index in [1.54, 1.807) is 18.2 Å². The minimum atomic E-state index is -0.392. The molecular formula is C15H13BrFNO2. The van der Waals surface area contributed by atoms with Gasteiger partial charge in [-0.1, -0.05) is 15.9 Å². The Labute approximate surface area is 124 Å². The van der Waals surface area contributed by atoms with Crippen LogP contribution in [0.2, 0.25) is 0 Å². The fourth-order valence-electron chi connectivity index (χ4n) is 1.73. The first-order valence-electron chi connectivity index (χ1n) is 6.04. The Morgan fingerprint density at radius 2 is 2.20 bits per heavy atom. The Morgan fingerprint density at radius 1 is 1.40 bits per heavy atom. The monoisotopic (exact) mass is 337 g/mol. The summed E-state index contributed by atoms with van der Waals surface area (Å²) in [6.45, 7) is 1.90. The smallest absolute Gasteiger partial charge is 0.173 e. The topological polar surface area (TPSA) is 39.2 Å². The minimum absolute atomic E-state index is 0.00965. The third-order valence-corrected chi connectivity index (χ3v) is 3.33. The van der Waals surface area contributed by atoms with Gasteiger partial charge in [0.1, 0.15) is 23.9 Å². The lowest BCUT2D eigenvalue weighted by Crippen LogP contribution is -2.04. The van der Waals surface area contributed by atoms with Crippen LogP contribution >= 0.6 is 15.9 Å². The second kappa shape index (κ2) is 6.61. The average molecular weight is 338 g/mol. The number of alkyl halides is 1. The molecule has 0 amide bonds. The highest BCUT2D eigenvalue weighted by Crippen LogP contribution is 2.21. The first kappa shape index (κ1) is 14.7. The zero-order valence-corrected chi connectivity index (χ0v) is 12.5. The van der Waals surface area contributed by atoms with Crippen molar-refractivity contribution in [3.05, 3.63) is 59.2 Å². The van der Waals surface area contributed by atoms with Gasteiger partial charge < -0.3 is 4.74 Å². The Kier molecular flexibility index (Phi) is 4.84. The number of ketones is 1. The largest absolute Gasteiger partial charge is 0.487 e. The molecule has 2 rings (SSSR count). The second-order valence-corrected chi connectivity index (χ2v) is 4.82. The molecule has 0 saturated carbocycles. The Morgan fingerprint density at radius 3 is 2.85 bits per heavy atom. The quantitative estimate of drug-likeness (QED) is 0.617. The first-order valence-corrected chi connectivity index (χ1v) is 7.16. The van der Waals surface area contributed by atoms with Crippen molar-refractivity contribution in [2.45, 2.75) is 13.5 Å². The molecule has 20 heavy (non-hydrogen) atoms. The summed E-state index contributed by atoms with van der Waals surface area (Å²) in [6.07, 6.45) is 1.52. The van der Waals surface area contributed by atoms with Crippen molar-refractivity contribution < 1.29 is 13.9 Å². The predicted molar refractivity (Wildman–Crippen MR) is 77.8 cm³/mol. The number of carbonyl (C=O) groups is 1. The van der Waals surface area contributed by atoms with Crippen LogP contribution in [0, 0.1) is 12.7 Å². The van der Waals surface area contributed by atoms with Gasteiger partial charge in [0.05, 0.1) is 5.33 Å². The van der Waals surface area contributed by atoms with Crippen LogP contribution < -0.4 is 4.74 Å². The van der Waals surface area contributed by atoms with E-state index in [0.29, 0.717) is 11.3 Å². The number of aryl methyl sites for hydroxylation is 1. The summed E-state index contributed by atoms with van der Waals surface area (Å²) >= 11 is 3.13. The highest BCUT2D eigenvalue weighted by molar-refractivity contribution is 9.09. The number of hydrogen-bond donors (Lipinski definition) is 0. The van der Waals surface area contributed by atoms with Crippen LogP contribution in [0.25, 0.3) is 0 Å². The summed E-state index contributed by atoms with van der Waals surface area (Å²) in [4.78, 5) is 15.5. The van der Waals surface area contributed by atoms with Crippen molar-refractivity contribution in [1.29, 1.82) is 0 Å². The fourth-order valence-corrected chi connectivity index (χ4v) is 2.06. The predicted octanol–water partition coefficient (Wildman–Crippen LogP) is 3.69. The van der Waals surface area contributed by atoms with Gasteiger partial charge >= 0.3 is 0 Å². The molecule has 0 atom stereocenters. The van der Waals surface area contributed by atoms with Crippen LogP contribution in [-0.4, -0.2) is 16.1 Å². The molecule has 0 unspecified atom stereocenters. The summed E-state index contributed by atoms with van der Waals surface area (Å²) in [5.74, 6) is 0.229.